The molecule has 3 rings (SSSR count). The Kier molecular flexibility index (Phi) is 3.26. The largest absolute Gasteiger partial charge is 0.464 e. The molecule has 0 spiro atoms. The average molecular weight is 298 g/mol. The molecule has 1 aromatic carbocycles. The topological polar surface area (TPSA) is 99.6 Å². The number of nitro benzene ring substituents is 1. The maximum atomic E-state index is 11.7. The van der Waals surface area contributed by atoms with Crippen LogP contribution in [0.2, 0.25) is 0 Å². The molecule has 0 saturated carbocycles. The number of fused-ring (bicyclic) bond motifs is 1. The molecule has 2 aromatic heterocycles. The van der Waals surface area contributed by atoms with Gasteiger partial charge in [0.25, 0.3) is 5.69 Å². The van der Waals surface area contributed by atoms with Crippen LogP contribution in [0, 0.1) is 10.1 Å². The second-order valence-electron chi connectivity index (χ2n) is 4.38. The van der Waals surface area contributed by atoms with Crippen molar-refractivity contribution >= 4 is 17.3 Å². The summed E-state index contributed by atoms with van der Waals surface area (Å²) < 4.78 is 5.99. The monoisotopic (exact) mass is 298 g/mol. The third-order valence-electron chi connectivity index (χ3n) is 3.10. The fourth-order valence-electron chi connectivity index (χ4n) is 2.10. The second kappa shape index (κ2) is 5.24. The van der Waals surface area contributed by atoms with Crippen LogP contribution in [0.1, 0.15) is 10.5 Å². The maximum absolute atomic E-state index is 11.7. The molecule has 0 radical (unpaired) electrons. The minimum absolute atomic E-state index is 0.0991. The van der Waals surface area contributed by atoms with Crippen molar-refractivity contribution in [3.63, 3.8) is 0 Å². The van der Waals surface area contributed by atoms with Crippen molar-refractivity contribution in [1.82, 2.24) is 14.6 Å². The second-order valence-corrected chi connectivity index (χ2v) is 4.38. The number of para-hydroxylation sites is 1. The van der Waals surface area contributed by atoms with Gasteiger partial charge in [-0.2, -0.15) is 0 Å². The SMILES string of the molecule is COC(=O)c1cccc2nc(-c3ccccc3[N+](=O)[O-])nn12. The van der Waals surface area contributed by atoms with E-state index in [2.05, 4.69) is 14.8 Å². The molecule has 0 fully saturated rings. The molecule has 0 N–H and O–H groups in total. The Bertz CT molecular complexity index is 887. The Morgan fingerprint density at radius 2 is 2.00 bits per heavy atom. The zero-order chi connectivity index (χ0) is 15.7. The van der Waals surface area contributed by atoms with Crippen LogP contribution in [0.25, 0.3) is 17.0 Å². The van der Waals surface area contributed by atoms with E-state index in [0.29, 0.717) is 5.65 Å². The van der Waals surface area contributed by atoms with Gasteiger partial charge in [-0.1, -0.05) is 18.2 Å². The number of benzene rings is 1. The van der Waals surface area contributed by atoms with Gasteiger partial charge in [0.2, 0.25) is 0 Å². The third kappa shape index (κ3) is 2.16. The van der Waals surface area contributed by atoms with Crippen molar-refractivity contribution in [3.05, 3.63) is 58.3 Å². The number of ether oxygens (including phenoxy) is 1. The first kappa shape index (κ1) is 13.7. The van der Waals surface area contributed by atoms with E-state index in [1.54, 1.807) is 30.3 Å². The number of nitrogens with zero attached hydrogens (tertiary/aromatic N) is 4. The maximum Gasteiger partial charge on any atom is 0.356 e. The van der Waals surface area contributed by atoms with E-state index in [1.807, 2.05) is 0 Å². The van der Waals surface area contributed by atoms with E-state index in [0.717, 1.165) is 0 Å². The molecule has 110 valence electrons. The van der Waals surface area contributed by atoms with E-state index in [-0.39, 0.29) is 22.8 Å². The Balaban J connectivity index is 2.22. The first-order valence-electron chi connectivity index (χ1n) is 6.29. The molecule has 0 amide bonds. The van der Waals surface area contributed by atoms with Crippen molar-refractivity contribution < 1.29 is 14.5 Å². The number of esters is 1. The number of hydrogen-bond donors (Lipinski definition) is 0. The summed E-state index contributed by atoms with van der Waals surface area (Å²) in [5.74, 6) is -0.395. The summed E-state index contributed by atoms with van der Waals surface area (Å²) in [5.41, 5.74) is 0.776. The van der Waals surface area contributed by atoms with Crippen molar-refractivity contribution in [2.75, 3.05) is 7.11 Å². The molecule has 0 bridgehead atoms. The summed E-state index contributed by atoms with van der Waals surface area (Å²) in [4.78, 5) is 26.6. The molecule has 0 aliphatic rings. The highest BCUT2D eigenvalue weighted by Crippen LogP contribution is 2.27. The van der Waals surface area contributed by atoms with E-state index in [9.17, 15) is 14.9 Å². The molecule has 22 heavy (non-hydrogen) atoms. The van der Waals surface area contributed by atoms with Crippen molar-refractivity contribution in [1.29, 1.82) is 0 Å². The Hall–Kier alpha value is -3.29. The summed E-state index contributed by atoms with van der Waals surface area (Å²) in [6, 6.07) is 11.0. The lowest BCUT2D eigenvalue weighted by molar-refractivity contribution is -0.384. The first-order valence-corrected chi connectivity index (χ1v) is 6.29. The van der Waals surface area contributed by atoms with Crippen molar-refractivity contribution in [2.45, 2.75) is 0 Å². The molecular formula is C14H10N4O4. The van der Waals surface area contributed by atoms with Gasteiger partial charge in [-0.3, -0.25) is 10.1 Å². The summed E-state index contributed by atoms with van der Waals surface area (Å²) in [5, 5.41) is 15.3. The molecule has 3 aromatic rings. The molecule has 0 aliphatic heterocycles. The molecule has 0 atom stereocenters. The molecular weight excluding hydrogens is 288 g/mol. The lowest BCUT2D eigenvalue weighted by Crippen LogP contribution is -2.08. The zero-order valence-electron chi connectivity index (χ0n) is 11.5. The quantitative estimate of drug-likeness (QED) is 0.417. The molecule has 2 heterocycles. The fraction of sp³-hybridized carbons (Fsp3) is 0.0714. The van der Waals surface area contributed by atoms with E-state index >= 15 is 0 Å². The molecule has 8 nitrogen and oxygen atoms in total. The standard InChI is InChI=1S/C14H10N4O4/c1-22-14(19)11-7-4-8-12-15-13(16-17(11)12)9-5-2-3-6-10(9)18(20)21/h2-8H,1H3. The van der Waals surface area contributed by atoms with Gasteiger partial charge in [0.05, 0.1) is 17.6 Å². The minimum Gasteiger partial charge on any atom is -0.464 e. The molecule has 0 saturated heterocycles. The van der Waals surface area contributed by atoms with Gasteiger partial charge >= 0.3 is 5.97 Å². The van der Waals surface area contributed by atoms with Gasteiger partial charge in [0.15, 0.2) is 17.2 Å². The first-order chi connectivity index (χ1) is 10.6. The predicted molar refractivity (Wildman–Crippen MR) is 76.4 cm³/mol. The molecule has 0 aliphatic carbocycles. The summed E-state index contributed by atoms with van der Waals surface area (Å²) >= 11 is 0. The highest BCUT2D eigenvalue weighted by atomic mass is 16.6. The van der Waals surface area contributed by atoms with Gasteiger partial charge in [-0.25, -0.2) is 14.3 Å². The van der Waals surface area contributed by atoms with Gasteiger partial charge in [0, 0.05) is 6.07 Å². The Morgan fingerprint density at radius 3 is 2.73 bits per heavy atom. The smallest absolute Gasteiger partial charge is 0.356 e. The van der Waals surface area contributed by atoms with E-state index in [4.69, 9.17) is 0 Å². The number of pyridine rings is 1. The molecule has 0 unspecified atom stereocenters. The minimum atomic E-state index is -0.565. The van der Waals surface area contributed by atoms with Crippen molar-refractivity contribution in [2.24, 2.45) is 0 Å². The Morgan fingerprint density at radius 1 is 1.23 bits per heavy atom. The number of nitro groups is 1. The number of methoxy groups -OCH3 is 1. The highest BCUT2D eigenvalue weighted by Gasteiger charge is 2.20. The number of carbonyl (C=O) groups is 1. The number of rotatable bonds is 3. The van der Waals surface area contributed by atoms with Crippen LogP contribution < -0.4 is 0 Å². The van der Waals surface area contributed by atoms with Gasteiger partial charge in [-0.15, -0.1) is 5.10 Å². The lowest BCUT2D eigenvalue weighted by atomic mass is 10.2. The van der Waals surface area contributed by atoms with E-state index in [1.165, 1.54) is 23.8 Å². The predicted octanol–water partition coefficient (Wildman–Crippen LogP) is 2.09. The summed E-state index contributed by atoms with van der Waals surface area (Å²) in [6.07, 6.45) is 0. The number of aromatic nitrogens is 3. The average Bonchev–Trinajstić information content (AvgIpc) is 2.97. The number of hydrogen-bond acceptors (Lipinski definition) is 6. The van der Waals surface area contributed by atoms with Crippen LogP contribution in [0.5, 0.6) is 0 Å². The van der Waals surface area contributed by atoms with Crippen LogP contribution >= 0.6 is 0 Å². The van der Waals surface area contributed by atoms with Gasteiger partial charge in [0.1, 0.15) is 0 Å². The van der Waals surface area contributed by atoms with Crippen LogP contribution in [0.15, 0.2) is 42.5 Å². The fourth-order valence-corrected chi connectivity index (χ4v) is 2.10. The van der Waals surface area contributed by atoms with Gasteiger partial charge in [-0.05, 0) is 18.2 Å². The van der Waals surface area contributed by atoms with E-state index < -0.39 is 10.9 Å². The van der Waals surface area contributed by atoms with Crippen molar-refractivity contribution in [3.8, 4) is 11.4 Å². The summed E-state index contributed by atoms with van der Waals surface area (Å²) in [6.45, 7) is 0. The van der Waals surface area contributed by atoms with Crippen LogP contribution in [-0.2, 0) is 4.74 Å². The normalized spacial score (nSPS) is 10.6. The van der Waals surface area contributed by atoms with Crippen LogP contribution in [0.4, 0.5) is 5.69 Å². The highest BCUT2D eigenvalue weighted by molar-refractivity contribution is 5.88. The number of carbonyl (C=O) groups excluding carboxylic acids is 1. The lowest BCUT2D eigenvalue weighted by Gasteiger charge is -2.00. The third-order valence-corrected chi connectivity index (χ3v) is 3.10. The van der Waals surface area contributed by atoms with Gasteiger partial charge < -0.3 is 4.74 Å². The zero-order valence-corrected chi connectivity index (χ0v) is 11.5. The Labute approximate surface area is 124 Å². The van der Waals surface area contributed by atoms with Crippen LogP contribution in [-0.4, -0.2) is 32.6 Å². The van der Waals surface area contributed by atoms with Crippen LogP contribution in [0.3, 0.4) is 0 Å². The summed E-state index contributed by atoms with van der Waals surface area (Å²) in [7, 11) is 1.26. The molecule has 8 heteroatoms.